The van der Waals surface area contributed by atoms with Gasteiger partial charge in [0, 0.05) is 22.2 Å². The first kappa shape index (κ1) is 26.7. The summed E-state index contributed by atoms with van der Waals surface area (Å²) in [6.45, 7) is 12.1. The highest BCUT2D eigenvalue weighted by Gasteiger charge is 2.37. The molecule has 1 aliphatic rings. The van der Waals surface area contributed by atoms with E-state index in [-0.39, 0.29) is 17.0 Å². The summed E-state index contributed by atoms with van der Waals surface area (Å²) in [5.41, 5.74) is 1.70. The van der Waals surface area contributed by atoms with Crippen LogP contribution in [0.25, 0.3) is 10.9 Å². The van der Waals surface area contributed by atoms with Crippen LogP contribution >= 0.6 is 15.9 Å². The van der Waals surface area contributed by atoms with Gasteiger partial charge < -0.3 is 14.5 Å². The maximum Gasteiger partial charge on any atom is 0.328 e. The fraction of sp³-hybridized carbons (Fsp3) is 0.480. The van der Waals surface area contributed by atoms with Gasteiger partial charge in [-0.15, -0.1) is 0 Å². The van der Waals surface area contributed by atoms with Crippen LogP contribution in [0.2, 0.25) is 18.1 Å². The highest BCUT2D eigenvalue weighted by Crippen LogP contribution is 2.39. The van der Waals surface area contributed by atoms with Crippen molar-refractivity contribution < 1.29 is 18.5 Å². The molecule has 0 radical (unpaired) electrons. The number of nitro groups is 1. The first-order valence-electron chi connectivity index (χ1n) is 12.0. The number of fused-ring (bicyclic) bond motifs is 1. The minimum Gasteiger partial charge on any atom is -0.411 e. The van der Waals surface area contributed by atoms with Crippen LogP contribution in [0.15, 0.2) is 34.8 Å². The van der Waals surface area contributed by atoms with Gasteiger partial charge in [0.1, 0.15) is 5.69 Å². The molecule has 0 saturated carbocycles. The first-order chi connectivity index (χ1) is 16.9. The summed E-state index contributed by atoms with van der Waals surface area (Å²) in [7, 11) is -1.99. The molecule has 1 saturated heterocycles. The Kier molecular flexibility index (Phi) is 7.57. The second kappa shape index (κ2) is 10.2. The van der Waals surface area contributed by atoms with Crippen molar-refractivity contribution in [1.29, 1.82) is 0 Å². The number of anilines is 2. The average Bonchev–Trinajstić information content (AvgIpc) is 3.15. The summed E-state index contributed by atoms with van der Waals surface area (Å²) in [5.74, 6) is -0.913. The standard InChI is InChI=1S/C25H32BrFN4O4Si/c1-25(2,3)36(4,5)35-15-21-18-10-9-17(14-22(18)30(29-21)23-8-6-7-11-34-23)28-20-13-16(26)12-19(27)24(20)31(32)33/h9-10,12-14,23,28H,6-8,11,15H2,1-5H3. The zero-order valence-electron chi connectivity index (χ0n) is 21.2. The van der Waals surface area contributed by atoms with Gasteiger partial charge in [-0.05, 0) is 67.7 Å². The Morgan fingerprint density at radius 3 is 2.69 bits per heavy atom. The number of nitrogens with one attached hydrogen (secondary N) is 1. The SMILES string of the molecule is CC(C)(C)[Si](C)(C)OCc1nn(C2CCCCO2)c2cc(Nc3cc(Br)cc(F)c3[N+](=O)[O-])ccc12. The molecule has 194 valence electrons. The Hall–Kier alpha value is -2.34. The van der Waals surface area contributed by atoms with E-state index in [0.29, 0.717) is 23.4 Å². The van der Waals surface area contributed by atoms with Crippen LogP contribution in [0, 0.1) is 15.9 Å². The molecule has 4 rings (SSSR count). The summed E-state index contributed by atoms with van der Waals surface area (Å²) in [6, 6.07) is 8.18. The fourth-order valence-corrected chi connectivity index (χ4v) is 5.35. The molecule has 11 heteroatoms. The smallest absolute Gasteiger partial charge is 0.328 e. The number of nitro benzene ring substituents is 1. The van der Waals surface area contributed by atoms with Gasteiger partial charge in [0.05, 0.1) is 22.7 Å². The largest absolute Gasteiger partial charge is 0.411 e. The number of halogens is 2. The highest BCUT2D eigenvalue weighted by molar-refractivity contribution is 9.10. The predicted molar refractivity (Wildman–Crippen MR) is 145 cm³/mol. The quantitative estimate of drug-likeness (QED) is 0.174. The van der Waals surface area contributed by atoms with E-state index >= 15 is 0 Å². The molecule has 2 aromatic carbocycles. The summed E-state index contributed by atoms with van der Waals surface area (Å²) in [5, 5.41) is 20.4. The van der Waals surface area contributed by atoms with Gasteiger partial charge in [0.15, 0.2) is 14.5 Å². The monoisotopic (exact) mass is 578 g/mol. The van der Waals surface area contributed by atoms with E-state index in [1.54, 1.807) is 0 Å². The molecule has 1 fully saturated rings. The van der Waals surface area contributed by atoms with Crippen LogP contribution in [0.4, 0.5) is 21.5 Å². The number of aromatic nitrogens is 2. The van der Waals surface area contributed by atoms with Crippen LogP contribution in [0.5, 0.6) is 0 Å². The van der Waals surface area contributed by atoms with Gasteiger partial charge in [-0.3, -0.25) is 10.1 Å². The number of nitrogens with zero attached hydrogens (tertiary/aromatic N) is 3. The zero-order chi connectivity index (χ0) is 26.3. The Balaban J connectivity index is 1.74. The molecule has 0 aliphatic carbocycles. The number of hydrogen-bond donors (Lipinski definition) is 1. The van der Waals surface area contributed by atoms with E-state index in [0.717, 1.165) is 41.9 Å². The van der Waals surface area contributed by atoms with E-state index in [4.69, 9.17) is 14.3 Å². The molecule has 0 bridgehead atoms. The Bertz CT molecular complexity index is 1290. The van der Waals surface area contributed by atoms with Crippen LogP contribution in [-0.2, 0) is 15.8 Å². The van der Waals surface area contributed by atoms with E-state index in [9.17, 15) is 14.5 Å². The number of hydrogen-bond acceptors (Lipinski definition) is 6. The van der Waals surface area contributed by atoms with Crippen molar-refractivity contribution >= 4 is 52.2 Å². The second-order valence-electron chi connectivity index (χ2n) is 10.7. The maximum absolute atomic E-state index is 14.3. The van der Waals surface area contributed by atoms with Crippen molar-refractivity contribution in [2.45, 2.75) is 71.0 Å². The number of benzene rings is 2. The van der Waals surface area contributed by atoms with Crippen molar-refractivity contribution in [2.24, 2.45) is 0 Å². The van der Waals surface area contributed by atoms with Crippen LogP contribution < -0.4 is 5.32 Å². The van der Waals surface area contributed by atoms with E-state index in [1.165, 1.54) is 6.07 Å². The summed E-state index contributed by atoms with van der Waals surface area (Å²) in [4.78, 5) is 10.8. The van der Waals surface area contributed by atoms with Crippen molar-refractivity contribution in [3.05, 3.63) is 56.4 Å². The van der Waals surface area contributed by atoms with Gasteiger partial charge >= 0.3 is 5.69 Å². The molecular formula is C25H32BrFN4O4Si. The molecule has 36 heavy (non-hydrogen) atoms. The minimum atomic E-state index is -1.99. The molecule has 1 atom stereocenters. The Morgan fingerprint density at radius 2 is 2.06 bits per heavy atom. The van der Waals surface area contributed by atoms with Gasteiger partial charge in [-0.2, -0.15) is 9.49 Å². The van der Waals surface area contributed by atoms with Crippen molar-refractivity contribution in [3.8, 4) is 0 Å². The maximum atomic E-state index is 14.3. The Labute approximate surface area is 219 Å². The minimum absolute atomic E-state index is 0.0627. The molecular weight excluding hydrogens is 547 g/mol. The lowest BCUT2D eigenvalue weighted by molar-refractivity contribution is -0.386. The van der Waals surface area contributed by atoms with Crippen LogP contribution in [0.3, 0.4) is 0 Å². The summed E-state index contributed by atoms with van der Waals surface area (Å²) in [6.07, 6.45) is 2.71. The topological polar surface area (TPSA) is 91.5 Å². The molecule has 1 aliphatic heterocycles. The lowest BCUT2D eigenvalue weighted by Gasteiger charge is -2.35. The summed E-state index contributed by atoms with van der Waals surface area (Å²) >= 11 is 3.22. The third-order valence-electron chi connectivity index (χ3n) is 7.08. The highest BCUT2D eigenvalue weighted by atomic mass is 79.9. The normalized spacial score (nSPS) is 16.9. The van der Waals surface area contributed by atoms with Crippen LogP contribution in [-0.4, -0.2) is 29.6 Å². The fourth-order valence-electron chi connectivity index (χ4n) is 3.99. The molecule has 1 unspecified atom stereocenters. The average molecular weight is 580 g/mol. The third-order valence-corrected chi connectivity index (χ3v) is 12.0. The van der Waals surface area contributed by atoms with E-state index in [2.05, 4.69) is 55.1 Å². The van der Waals surface area contributed by atoms with Crippen LogP contribution in [0.1, 0.15) is 52.0 Å². The zero-order valence-corrected chi connectivity index (χ0v) is 23.8. The predicted octanol–water partition coefficient (Wildman–Crippen LogP) is 7.81. The molecule has 3 aromatic rings. The van der Waals surface area contributed by atoms with Gasteiger partial charge in [-0.1, -0.05) is 36.7 Å². The molecule has 1 N–H and O–H groups in total. The summed E-state index contributed by atoms with van der Waals surface area (Å²) < 4.78 is 29.1. The Morgan fingerprint density at radius 1 is 1.31 bits per heavy atom. The van der Waals surface area contributed by atoms with E-state index < -0.39 is 24.7 Å². The van der Waals surface area contributed by atoms with E-state index in [1.807, 2.05) is 22.9 Å². The lowest BCUT2D eigenvalue weighted by atomic mass is 10.1. The first-order valence-corrected chi connectivity index (χ1v) is 15.7. The molecule has 0 amide bonds. The third kappa shape index (κ3) is 5.48. The molecule has 2 heterocycles. The molecule has 0 spiro atoms. The van der Waals surface area contributed by atoms with Gasteiger partial charge in [0.2, 0.25) is 5.82 Å². The van der Waals surface area contributed by atoms with Gasteiger partial charge in [0.25, 0.3) is 0 Å². The van der Waals surface area contributed by atoms with Crippen molar-refractivity contribution in [3.63, 3.8) is 0 Å². The molecule has 1 aromatic heterocycles. The number of ether oxygens (including phenoxy) is 1. The number of rotatable bonds is 7. The van der Waals surface area contributed by atoms with Crippen molar-refractivity contribution in [2.75, 3.05) is 11.9 Å². The molecule has 8 nitrogen and oxygen atoms in total. The van der Waals surface area contributed by atoms with Gasteiger partial charge in [-0.25, -0.2) is 4.68 Å². The second-order valence-corrected chi connectivity index (χ2v) is 16.4. The lowest BCUT2D eigenvalue weighted by Crippen LogP contribution is -2.40. The van der Waals surface area contributed by atoms with Crippen molar-refractivity contribution in [1.82, 2.24) is 9.78 Å².